The molecule has 0 spiro atoms. The summed E-state index contributed by atoms with van der Waals surface area (Å²) in [5.74, 6) is -0.911. The second-order valence-electron chi connectivity index (χ2n) is 8.28. The van der Waals surface area contributed by atoms with Gasteiger partial charge < -0.3 is 10.8 Å². The molecule has 4 N–H and O–H groups in total. The van der Waals surface area contributed by atoms with Crippen molar-refractivity contribution in [2.75, 3.05) is 13.1 Å². The topological polar surface area (TPSA) is 95.7 Å². The number of hydrogen-bond donors (Lipinski definition) is 3. The number of hydrogen-bond acceptors (Lipinski definition) is 5. The van der Waals surface area contributed by atoms with Crippen molar-refractivity contribution in [1.82, 2.24) is 10.2 Å². The predicted octanol–water partition coefficient (Wildman–Crippen LogP) is 2.39. The summed E-state index contributed by atoms with van der Waals surface area (Å²) in [6, 6.07) is 5.40. The summed E-state index contributed by atoms with van der Waals surface area (Å²) in [5.41, 5.74) is 7.92. The molecule has 1 saturated heterocycles. The van der Waals surface area contributed by atoms with Gasteiger partial charge in [-0.05, 0) is 74.4 Å². The highest BCUT2D eigenvalue weighted by Gasteiger charge is 2.34. The molecule has 0 radical (unpaired) electrons. The minimum atomic E-state index is -1.10. The average molecular weight is 422 g/mol. The Morgan fingerprint density at radius 3 is 2.66 bits per heavy atom. The monoisotopic (exact) mass is 421 g/mol. The number of carbonyl (C=O) groups is 2. The maximum atomic E-state index is 12.8. The minimum Gasteiger partial charge on any atom is -0.383 e. The Morgan fingerprint density at radius 1 is 1.17 bits per heavy atom. The van der Waals surface area contributed by atoms with E-state index in [-0.39, 0.29) is 17.9 Å². The number of amides is 2. The van der Waals surface area contributed by atoms with Gasteiger partial charge in [0.05, 0.1) is 6.04 Å². The zero-order chi connectivity index (χ0) is 20.8. The SMILES string of the molecule is NCCc1ccc(Cl)cc1CN1CCC[C@H]1C(=O)NC(=O)[C@H](O)C1CCCCC1. The van der Waals surface area contributed by atoms with Crippen molar-refractivity contribution >= 4 is 23.4 Å². The van der Waals surface area contributed by atoms with E-state index < -0.39 is 12.0 Å². The maximum absolute atomic E-state index is 12.8. The van der Waals surface area contributed by atoms with Gasteiger partial charge in [0.25, 0.3) is 5.91 Å². The minimum absolute atomic E-state index is 0.0403. The third-order valence-corrected chi connectivity index (χ3v) is 6.47. The van der Waals surface area contributed by atoms with Gasteiger partial charge >= 0.3 is 0 Å². The second kappa shape index (κ2) is 10.5. The summed E-state index contributed by atoms with van der Waals surface area (Å²) in [5, 5.41) is 13.5. The van der Waals surface area contributed by atoms with Crippen molar-refractivity contribution in [3.63, 3.8) is 0 Å². The van der Waals surface area contributed by atoms with E-state index in [2.05, 4.69) is 10.2 Å². The molecule has 2 atom stereocenters. The highest BCUT2D eigenvalue weighted by Crippen LogP contribution is 2.27. The van der Waals surface area contributed by atoms with Crippen LogP contribution in [0.25, 0.3) is 0 Å². The first-order valence-corrected chi connectivity index (χ1v) is 11.1. The van der Waals surface area contributed by atoms with Crippen molar-refractivity contribution in [3.8, 4) is 0 Å². The first-order valence-electron chi connectivity index (χ1n) is 10.7. The molecule has 2 fully saturated rings. The van der Waals surface area contributed by atoms with Crippen LogP contribution in [0, 0.1) is 5.92 Å². The van der Waals surface area contributed by atoms with Crippen molar-refractivity contribution in [2.24, 2.45) is 11.7 Å². The zero-order valence-corrected chi connectivity index (χ0v) is 17.7. The van der Waals surface area contributed by atoms with Gasteiger partial charge in [-0.1, -0.05) is 36.9 Å². The molecular formula is C22H32ClN3O3. The van der Waals surface area contributed by atoms with E-state index in [0.717, 1.165) is 62.6 Å². The fourth-order valence-electron chi connectivity index (χ4n) is 4.61. The van der Waals surface area contributed by atoms with Crippen molar-refractivity contribution in [1.29, 1.82) is 0 Å². The molecule has 29 heavy (non-hydrogen) atoms. The van der Waals surface area contributed by atoms with E-state index in [1.165, 1.54) is 0 Å². The molecule has 1 aromatic rings. The van der Waals surface area contributed by atoms with Crippen LogP contribution in [0.4, 0.5) is 0 Å². The van der Waals surface area contributed by atoms with Crippen LogP contribution < -0.4 is 11.1 Å². The van der Waals surface area contributed by atoms with Gasteiger partial charge in [-0.3, -0.25) is 19.8 Å². The van der Waals surface area contributed by atoms with Crippen molar-refractivity contribution in [3.05, 3.63) is 34.3 Å². The van der Waals surface area contributed by atoms with Gasteiger partial charge in [-0.2, -0.15) is 0 Å². The van der Waals surface area contributed by atoms with E-state index >= 15 is 0 Å². The molecule has 3 rings (SSSR count). The summed E-state index contributed by atoms with van der Waals surface area (Å²) in [6.07, 6.45) is 6.15. The number of carbonyl (C=O) groups excluding carboxylic acids is 2. The lowest BCUT2D eigenvalue weighted by Crippen LogP contribution is -2.49. The molecule has 2 aliphatic rings. The summed E-state index contributed by atoms with van der Waals surface area (Å²) < 4.78 is 0. The lowest BCUT2D eigenvalue weighted by atomic mass is 9.85. The first kappa shape index (κ1) is 22.2. The number of benzene rings is 1. The van der Waals surface area contributed by atoms with Crippen LogP contribution in [-0.4, -0.2) is 47.1 Å². The molecule has 7 heteroatoms. The smallest absolute Gasteiger partial charge is 0.255 e. The Morgan fingerprint density at radius 2 is 1.93 bits per heavy atom. The molecule has 2 amide bonds. The molecule has 1 aromatic carbocycles. The maximum Gasteiger partial charge on any atom is 0.255 e. The van der Waals surface area contributed by atoms with Gasteiger partial charge in [0.1, 0.15) is 6.10 Å². The van der Waals surface area contributed by atoms with Crippen molar-refractivity contribution < 1.29 is 14.7 Å². The van der Waals surface area contributed by atoms with Crippen molar-refractivity contribution in [2.45, 2.75) is 70.1 Å². The highest BCUT2D eigenvalue weighted by molar-refractivity contribution is 6.30. The Balaban J connectivity index is 1.62. The van der Waals surface area contributed by atoms with Gasteiger partial charge in [0.15, 0.2) is 0 Å². The molecule has 1 aliphatic carbocycles. The molecule has 1 aliphatic heterocycles. The largest absolute Gasteiger partial charge is 0.383 e. The quantitative estimate of drug-likeness (QED) is 0.628. The highest BCUT2D eigenvalue weighted by atomic mass is 35.5. The number of nitrogens with zero attached hydrogens (tertiary/aromatic N) is 1. The Kier molecular flexibility index (Phi) is 8.07. The number of nitrogens with two attached hydrogens (primary N) is 1. The van der Waals surface area contributed by atoms with Gasteiger partial charge in [0.2, 0.25) is 5.91 Å². The van der Waals surface area contributed by atoms with Gasteiger partial charge in [-0.15, -0.1) is 0 Å². The summed E-state index contributed by atoms with van der Waals surface area (Å²) in [4.78, 5) is 27.3. The van der Waals surface area contributed by atoms with Gasteiger partial charge in [0, 0.05) is 11.6 Å². The average Bonchev–Trinajstić information content (AvgIpc) is 3.18. The Bertz CT molecular complexity index is 721. The number of rotatable bonds is 7. The third kappa shape index (κ3) is 5.79. The van der Waals surface area contributed by atoms with Crippen LogP contribution in [0.5, 0.6) is 0 Å². The number of halogens is 1. The lowest BCUT2D eigenvalue weighted by molar-refractivity contribution is -0.140. The van der Waals surface area contributed by atoms with Crippen LogP contribution in [-0.2, 0) is 22.6 Å². The Hall–Kier alpha value is -1.47. The number of imide groups is 1. The summed E-state index contributed by atoms with van der Waals surface area (Å²) in [6.45, 7) is 1.92. The fraction of sp³-hybridized carbons (Fsp3) is 0.636. The molecule has 160 valence electrons. The standard InChI is InChI=1S/C22H32ClN3O3/c23-18-9-8-15(10-11-24)17(13-18)14-26-12-4-7-19(26)21(28)25-22(29)20(27)16-5-2-1-3-6-16/h8-9,13,16,19-20,27H,1-7,10-12,14,24H2,(H,25,28,29)/t19-,20+/m0/s1. The van der Waals surface area contributed by atoms with E-state index in [9.17, 15) is 14.7 Å². The van der Waals surface area contributed by atoms with E-state index in [0.29, 0.717) is 24.5 Å². The number of nitrogens with one attached hydrogen (secondary N) is 1. The van der Waals surface area contributed by atoms with Crippen LogP contribution in [0.2, 0.25) is 5.02 Å². The number of aliphatic hydroxyl groups excluding tert-OH is 1. The zero-order valence-electron chi connectivity index (χ0n) is 16.9. The molecule has 0 aromatic heterocycles. The van der Waals surface area contributed by atoms with Crippen LogP contribution in [0.15, 0.2) is 18.2 Å². The predicted molar refractivity (Wildman–Crippen MR) is 113 cm³/mol. The first-order chi connectivity index (χ1) is 14.0. The van der Waals surface area contributed by atoms with Gasteiger partial charge in [-0.25, -0.2) is 0 Å². The van der Waals surface area contributed by atoms with Crippen LogP contribution >= 0.6 is 11.6 Å². The summed E-state index contributed by atoms with van der Waals surface area (Å²) >= 11 is 6.18. The number of aliphatic hydroxyl groups is 1. The molecular weight excluding hydrogens is 390 g/mol. The molecule has 6 nitrogen and oxygen atoms in total. The molecule has 0 unspecified atom stereocenters. The fourth-order valence-corrected chi connectivity index (χ4v) is 4.81. The Labute approximate surface area is 177 Å². The third-order valence-electron chi connectivity index (χ3n) is 6.23. The lowest BCUT2D eigenvalue weighted by Gasteiger charge is -2.27. The second-order valence-corrected chi connectivity index (χ2v) is 8.71. The normalized spacial score (nSPS) is 21.8. The summed E-state index contributed by atoms with van der Waals surface area (Å²) in [7, 11) is 0. The van der Waals surface area contributed by atoms with E-state index in [4.69, 9.17) is 17.3 Å². The van der Waals surface area contributed by atoms with Crippen LogP contribution in [0.1, 0.15) is 56.1 Å². The molecule has 1 saturated carbocycles. The molecule has 0 bridgehead atoms. The molecule has 1 heterocycles. The van der Waals surface area contributed by atoms with Crippen LogP contribution in [0.3, 0.4) is 0 Å². The van der Waals surface area contributed by atoms with E-state index in [1.807, 2.05) is 18.2 Å². The van der Waals surface area contributed by atoms with E-state index in [1.54, 1.807) is 0 Å². The number of likely N-dealkylation sites (tertiary alicyclic amines) is 1.